The molecule has 4 nitrogen and oxygen atoms in total. The number of para-hydroxylation sites is 1. The van der Waals surface area contributed by atoms with Crippen molar-refractivity contribution in [1.82, 2.24) is 14.5 Å². The van der Waals surface area contributed by atoms with Gasteiger partial charge in [0, 0.05) is 11.3 Å². The van der Waals surface area contributed by atoms with Crippen LogP contribution >= 0.6 is 23.6 Å². The van der Waals surface area contributed by atoms with Gasteiger partial charge in [-0.15, -0.1) is 0 Å². The molecule has 0 bridgehead atoms. The Labute approximate surface area is 159 Å². The van der Waals surface area contributed by atoms with E-state index in [2.05, 4.69) is 31.0 Å². The second kappa shape index (κ2) is 6.63. The van der Waals surface area contributed by atoms with Crippen molar-refractivity contribution in [2.75, 3.05) is 0 Å². The van der Waals surface area contributed by atoms with E-state index in [1.165, 1.54) is 16.9 Å². The minimum Gasteiger partial charge on any atom is -0.305 e. The fraction of sp³-hybridized carbons (Fsp3) is 0.150. The molecule has 0 aliphatic carbocycles. The molecule has 0 spiro atoms. The summed E-state index contributed by atoms with van der Waals surface area (Å²) in [5.41, 5.74) is 3.47. The lowest BCUT2D eigenvalue weighted by Crippen LogP contribution is -2.09. The third kappa shape index (κ3) is 2.91. The molecule has 0 radical (unpaired) electrons. The van der Waals surface area contributed by atoms with Crippen LogP contribution in [0.5, 0.6) is 0 Å². The van der Waals surface area contributed by atoms with Gasteiger partial charge >= 0.3 is 0 Å². The standard InChI is InChI=1S/C20H17N3OS2/c1-12(2)13-8-10-14(11-9-13)17-21-18-16(19(24)22-17)26-20(25)23(18)15-6-4-3-5-7-15/h3-12H,1-2H3,(H,21,22,24). The van der Waals surface area contributed by atoms with Gasteiger partial charge in [0.2, 0.25) is 0 Å². The highest BCUT2D eigenvalue weighted by Gasteiger charge is 2.14. The summed E-state index contributed by atoms with van der Waals surface area (Å²) >= 11 is 6.77. The van der Waals surface area contributed by atoms with E-state index in [0.717, 1.165) is 11.3 Å². The summed E-state index contributed by atoms with van der Waals surface area (Å²) < 4.78 is 3.01. The Morgan fingerprint density at radius 2 is 1.77 bits per heavy atom. The molecule has 0 unspecified atom stereocenters. The summed E-state index contributed by atoms with van der Waals surface area (Å²) in [6.07, 6.45) is 0. The Hall–Kier alpha value is -2.57. The van der Waals surface area contributed by atoms with E-state index in [0.29, 0.717) is 26.0 Å². The molecule has 2 heterocycles. The zero-order valence-corrected chi connectivity index (χ0v) is 16.0. The lowest BCUT2D eigenvalue weighted by Gasteiger charge is -2.08. The third-order valence-electron chi connectivity index (χ3n) is 4.31. The molecule has 0 saturated carbocycles. The van der Waals surface area contributed by atoms with Gasteiger partial charge in [0.1, 0.15) is 10.5 Å². The van der Waals surface area contributed by atoms with Gasteiger partial charge in [-0.2, -0.15) is 0 Å². The van der Waals surface area contributed by atoms with Crippen molar-refractivity contribution in [2.24, 2.45) is 0 Å². The highest BCUT2D eigenvalue weighted by Crippen LogP contribution is 2.25. The van der Waals surface area contributed by atoms with Gasteiger partial charge in [0.15, 0.2) is 9.60 Å². The molecule has 0 aliphatic rings. The first-order valence-corrected chi connectivity index (χ1v) is 9.58. The second-order valence-corrected chi connectivity index (χ2v) is 8.03. The van der Waals surface area contributed by atoms with Crippen LogP contribution in [-0.4, -0.2) is 14.5 Å². The number of aromatic nitrogens is 3. The minimum absolute atomic E-state index is 0.163. The van der Waals surface area contributed by atoms with Crippen LogP contribution in [0.1, 0.15) is 25.3 Å². The normalized spacial score (nSPS) is 11.3. The fourth-order valence-electron chi connectivity index (χ4n) is 2.88. The summed E-state index contributed by atoms with van der Waals surface area (Å²) in [7, 11) is 0. The van der Waals surface area contributed by atoms with Crippen LogP contribution in [0.3, 0.4) is 0 Å². The van der Waals surface area contributed by atoms with Gasteiger partial charge in [-0.3, -0.25) is 9.36 Å². The molecule has 0 atom stereocenters. The number of aromatic amines is 1. The Balaban J connectivity index is 1.93. The topological polar surface area (TPSA) is 50.7 Å². The molecule has 26 heavy (non-hydrogen) atoms. The number of H-pyrrole nitrogens is 1. The van der Waals surface area contributed by atoms with Crippen molar-refractivity contribution in [3.05, 3.63) is 74.5 Å². The third-order valence-corrected chi connectivity index (χ3v) is 5.67. The largest absolute Gasteiger partial charge is 0.305 e. The average Bonchev–Trinajstić information content (AvgIpc) is 2.99. The zero-order valence-electron chi connectivity index (χ0n) is 14.4. The van der Waals surface area contributed by atoms with Gasteiger partial charge < -0.3 is 4.98 Å². The van der Waals surface area contributed by atoms with Gasteiger partial charge in [-0.05, 0) is 35.8 Å². The SMILES string of the molecule is CC(C)c1ccc(-c2nc3c(sc(=S)n3-c3ccccc3)c(=O)[nH]2)cc1. The van der Waals surface area contributed by atoms with E-state index in [9.17, 15) is 4.79 Å². The number of thiazole rings is 1. The molecule has 0 amide bonds. The van der Waals surface area contributed by atoms with Gasteiger partial charge in [0.05, 0.1) is 0 Å². The predicted octanol–water partition coefficient (Wildman–Crippen LogP) is 5.30. The number of nitrogens with zero attached hydrogens (tertiary/aromatic N) is 2. The Bertz CT molecular complexity index is 1190. The van der Waals surface area contributed by atoms with E-state index in [4.69, 9.17) is 17.2 Å². The number of nitrogens with one attached hydrogen (secondary N) is 1. The zero-order chi connectivity index (χ0) is 18.3. The van der Waals surface area contributed by atoms with Crippen molar-refractivity contribution in [1.29, 1.82) is 0 Å². The Kier molecular flexibility index (Phi) is 4.30. The minimum atomic E-state index is -0.163. The fourth-order valence-corrected chi connectivity index (χ4v) is 4.15. The van der Waals surface area contributed by atoms with Crippen LogP contribution in [0.4, 0.5) is 0 Å². The molecule has 0 fully saturated rings. The van der Waals surface area contributed by atoms with Crippen LogP contribution in [-0.2, 0) is 0 Å². The molecule has 4 rings (SSSR count). The molecule has 130 valence electrons. The number of rotatable bonds is 3. The molecular weight excluding hydrogens is 362 g/mol. The summed E-state index contributed by atoms with van der Waals surface area (Å²) in [5, 5.41) is 0. The molecule has 4 aromatic rings. The van der Waals surface area contributed by atoms with E-state index >= 15 is 0 Å². The lowest BCUT2D eigenvalue weighted by atomic mass is 10.0. The van der Waals surface area contributed by atoms with Crippen molar-refractivity contribution in [2.45, 2.75) is 19.8 Å². The maximum atomic E-state index is 12.6. The molecule has 0 aliphatic heterocycles. The molecule has 0 saturated heterocycles. The quantitative estimate of drug-likeness (QED) is 0.492. The van der Waals surface area contributed by atoms with Crippen molar-refractivity contribution >= 4 is 33.9 Å². The molecule has 6 heteroatoms. The molecule has 1 N–H and O–H groups in total. The van der Waals surface area contributed by atoms with Crippen molar-refractivity contribution < 1.29 is 0 Å². The van der Waals surface area contributed by atoms with Crippen LogP contribution in [0, 0.1) is 3.95 Å². The Morgan fingerprint density at radius 1 is 1.08 bits per heavy atom. The number of hydrogen-bond donors (Lipinski definition) is 1. The first-order chi connectivity index (χ1) is 12.5. The monoisotopic (exact) mass is 379 g/mol. The number of benzene rings is 2. The van der Waals surface area contributed by atoms with Gasteiger partial charge in [-0.1, -0.05) is 67.6 Å². The van der Waals surface area contributed by atoms with Gasteiger partial charge in [0.25, 0.3) is 5.56 Å². The summed E-state index contributed by atoms with van der Waals surface area (Å²) in [5.74, 6) is 1.01. The summed E-state index contributed by atoms with van der Waals surface area (Å²) in [4.78, 5) is 20.2. The maximum Gasteiger partial charge on any atom is 0.270 e. The van der Waals surface area contributed by atoms with Crippen molar-refractivity contribution in [3.8, 4) is 17.1 Å². The van der Waals surface area contributed by atoms with E-state index in [1.54, 1.807) is 0 Å². The second-order valence-electron chi connectivity index (χ2n) is 6.38. The van der Waals surface area contributed by atoms with Crippen LogP contribution < -0.4 is 5.56 Å². The van der Waals surface area contributed by atoms with E-state index in [1.807, 2.05) is 47.0 Å². The smallest absolute Gasteiger partial charge is 0.270 e. The highest BCUT2D eigenvalue weighted by atomic mass is 32.1. The summed E-state index contributed by atoms with van der Waals surface area (Å²) in [6, 6.07) is 17.9. The lowest BCUT2D eigenvalue weighted by molar-refractivity contribution is 0.867. The summed E-state index contributed by atoms with van der Waals surface area (Å²) in [6.45, 7) is 4.31. The highest BCUT2D eigenvalue weighted by molar-refractivity contribution is 7.73. The van der Waals surface area contributed by atoms with E-state index < -0.39 is 0 Å². The number of fused-ring (bicyclic) bond motifs is 1. The van der Waals surface area contributed by atoms with Crippen LogP contribution in [0.25, 0.3) is 27.4 Å². The Morgan fingerprint density at radius 3 is 2.42 bits per heavy atom. The molecule has 2 aromatic heterocycles. The average molecular weight is 380 g/mol. The first-order valence-electron chi connectivity index (χ1n) is 8.36. The predicted molar refractivity (Wildman–Crippen MR) is 110 cm³/mol. The first kappa shape index (κ1) is 16.9. The van der Waals surface area contributed by atoms with Gasteiger partial charge in [-0.25, -0.2) is 4.98 Å². The van der Waals surface area contributed by atoms with Crippen LogP contribution in [0.15, 0.2) is 59.4 Å². The van der Waals surface area contributed by atoms with Crippen molar-refractivity contribution in [3.63, 3.8) is 0 Å². The maximum absolute atomic E-state index is 12.6. The molecular formula is C20H17N3OS2. The van der Waals surface area contributed by atoms with Crippen LogP contribution in [0.2, 0.25) is 0 Å². The molecule has 2 aromatic carbocycles. The van der Waals surface area contributed by atoms with E-state index in [-0.39, 0.29) is 5.56 Å². The number of hydrogen-bond acceptors (Lipinski definition) is 4.